The van der Waals surface area contributed by atoms with Crippen molar-refractivity contribution >= 4 is 17.5 Å². The van der Waals surface area contributed by atoms with Gasteiger partial charge in [0.25, 0.3) is 0 Å². The van der Waals surface area contributed by atoms with Crippen LogP contribution in [-0.2, 0) is 11.2 Å². The van der Waals surface area contributed by atoms with E-state index in [1.165, 1.54) is 12.1 Å². The number of anilines is 2. The molecule has 0 fully saturated rings. The third-order valence-corrected chi connectivity index (χ3v) is 4.19. The molecule has 0 bridgehead atoms. The summed E-state index contributed by atoms with van der Waals surface area (Å²) in [5.74, 6) is 0.549. The van der Waals surface area contributed by atoms with Gasteiger partial charge in [0.1, 0.15) is 17.5 Å². The van der Waals surface area contributed by atoms with Gasteiger partial charge in [-0.2, -0.15) is 0 Å². The fraction of sp³-hybridized carbons (Fsp3) is 0.190. The van der Waals surface area contributed by atoms with Crippen molar-refractivity contribution in [3.63, 3.8) is 0 Å². The van der Waals surface area contributed by atoms with Crippen molar-refractivity contribution in [3.05, 3.63) is 72.3 Å². The minimum Gasteiger partial charge on any atom is -0.395 e. The number of likely N-dealkylation sites (N-methyl/N-ethyl adjacent to an activating group) is 1. The van der Waals surface area contributed by atoms with E-state index < -0.39 is 0 Å². The number of halogens is 1. The number of aromatic nitrogens is 2. The molecular formula is C21H21FN4O2. The van der Waals surface area contributed by atoms with Crippen LogP contribution in [0.25, 0.3) is 11.1 Å². The first-order valence-electron chi connectivity index (χ1n) is 8.84. The number of amides is 1. The second-order valence-electron chi connectivity index (χ2n) is 6.33. The second-order valence-corrected chi connectivity index (χ2v) is 6.33. The third-order valence-electron chi connectivity index (χ3n) is 4.19. The molecule has 1 amide bonds. The molecule has 3 aromatic rings. The van der Waals surface area contributed by atoms with Crippen LogP contribution >= 0.6 is 0 Å². The van der Waals surface area contributed by atoms with Crippen LogP contribution in [0.3, 0.4) is 0 Å². The number of aliphatic hydroxyl groups excluding tert-OH is 1. The molecule has 0 radical (unpaired) electrons. The monoisotopic (exact) mass is 380 g/mol. The summed E-state index contributed by atoms with van der Waals surface area (Å²) in [6, 6.07) is 13.3. The molecule has 7 heteroatoms. The summed E-state index contributed by atoms with van der Waals surface area (Å²) < 4.78 is 13.2. The lowest BCUT2D eigenvalue weighted by Crippen LogP contribution is -2.22. The fourth-order valence-electron chi connectivity index (χ4n) is 2.73. The van der Waals surface area contributed by atoms with Gasteiger partial charge in [-0.05, 0) is 47.5 Å². The average molecular weight is 380 g/mol. The molecule has 0 saturated carbocycles. The Hall–Kier alpha value is -3.32. The molecule has 0 spiro atoms. The maximum Gasteiger partial charge on any atom is 0.229 e. The van der Waals surface area contributed by atoms with E-state index in [2.05, 4.69) is 15.3 Å². The van der Waals surface area contributed by atoms with Crippen molar-refractivity contribution in [2.24, 2.45) is 0 Å². The van der Waals surface area contributed by atoms with Gasteiger partial charge in [-0.1, -0.05) is 12.1 Å². The van der Waals surface area contributed by atoms with Crippen LogP contribution < -0.4 is 10.2 Å². The van der Waals surface area contributed by atoms with Crippen molar-refractivity contribution < 1.29 is 14.3 Å². The number of nitrogens with one attached hydrogen (secondary N) is 1. The van der Waals surface area contributed by atoms with Crippen LogP contribution in [0.4, 0.5) is 16.0 Å². The topological polar surface area (TPSA) is 78.4 Å². The average Bonchev–Trinajstić information content (AvgIpc) is 2.69. The zero-order chi connectivity index (χ0) is 19.9. The van der Waals surface area contributed by atoms with Gasteiger partial charge >= 0.3 is 0 Å². The van der Waals surface area contributed by atoms with Crippen molar-refractivity contribution in [1.29, 1.82) is 0 Å². The summed E-state index contributed by atoms with van der Waals surface area (Å²) in [6.45, 7) is 0.541. The summed E-state index contributed by atoms with van der Waals surface area (Å²) in [5, 5.41) is 11.8. The number of pyridine rings is 2. The molecule has 3 rings (SSSR count). The number of aliphatic hydroxyl groups is 1. The zero-order valence-electron chi connectivity index (χ0n) is 15.5. The molecule has 1 aromatic carbocycles. The standard InChI is InChI=1S/C21H21FN4O2/c1-26(9-10-27)20-13-16(7-8-23-20)17-5-6-19(24-14-17)25-21(28)12-15-3-2-4-18(22)11-15/h2-8,11,13-14,27H,9-10,12H2,1H3,(H,24,25,28). The Balaban J connectivity index is 1.66. The lowest BCUT2D eigenvalue weighted by Gasteiger charge is -2.17. The normalized spacial score (nSPS) is 10.5. The van der Waals surface area contributed by atoms with E-state index >= 15 is 0 Å². The number of benzene rings is 1. The van der Waals surface area contributed by atoms with Gasteiger partial charge in [-0.3, -0.25) is 4.79 Å². The van der Waals surface area contributed by atoms with E-state index in [0.717, 1.165) is 16.9 Å². The molecule has 2 heterocycles. The first-order chi connectivity index (χ1) is 13.5. The van der Waals surface area contributed by atoms with Gasteiger partial charge in [0.2, 0.25) is 5.91 Å². The summed E-state index contributed by atoms with van der Waals surface area (Å²) in [6.07, 6.45) is 3.45. The Bertz CT molecular complexity index is 947. The number of carbonyl (C=O) groups excluding carboxylic acids is 1. The lowest BCUT2D eigenvalue weighted by atomic mass is 10.1. The molecule has 28 heavy (non-hydrogen) atoms. The Morgan fingerprint density at radius 2 is 2.00 bits per heavy atom. The SMILES string of the molecule is CN(CCO)c1cc(-c2ccc(NC(=O)Cc3cccc(F)c3)nc2)ccn1. The van der Waals surface area contributed by atoms with Gasteiger partial charge in [-0.15, -0.1) is 0 Å². The van der Waals surface area contributed by atoms with Crippen molar-refractivity contribution in [1.82, 2.24) is 9.97 Å². The Morgan fingerprint density at radius 1 is 1.14 bits per heavy atom. The molecule has 0 aliphatic carbocycles. The van der Waals surface area contributed by atoms with E-state index in [-0.39, 0.29) is 24.8 Å². The van der Waals surface area contributed by atoms with Gasteiger partial charge < -0.3 is 15.3 Å². The molecule has 0 aliphatic rings. The molecule has 0 unspecified atom stereocenters. The predicted molar refractivity (Wildman–Crippen MR) is 107 cm³/mol. The van der Waals surface area contributed by atoms with Crippen LogP contribution in [0.15, 0.2) is 60.9 Å². The number of rotatable bonds is 7. The summed E-state index contributed by atoms with van der Waals surface area (Å²) >= 11 is 0. The van der Waals surface area contributed by atoms with Crippen LogP contribution in [0, 0.1) is 5.82 Å². The smallest absolute Gasteiger partial charge is 0.229 e. The Labute approximate surface area is 162 Å². The first-order valence-corrected chi connectivity index (χ1v) is 8.84. The number of hydrogen-bond acceptors (Lipinski definition) is 5. The molecular weight excluding hydrogens is 359 g/mol. The van der Waals surface area contributed by atoms with Gasteiger partial charge in [0.15, 0.2) is 0 Å². The highest BCUT2D eigenvalue weighted by atomic mass is 19.1. The van der Waals surface area contributed by atoms with E-state index in [9.17, 15) is 9.18 Å². The first kappa shape index (κ1) is 19.4. The van der Waals surface area contributed by atoms with Crippen LogP contribution in [0.2, 0.25) is 0 Å². The lowest BCUT2D eigenvalue weighted by molar-refractivity contribution is -0.115. The second kappa shape index (κ2) is 9.05. The van der Waals surface area contributed by atoms with Gasteiger partial charge in [0.05, 0.1) is 13.0 Å². The highest BCUT2D eigenvalue weighted by Gasteiger charge is 2.08. The number of hydrogen-bond donors (Lipinski definition) is 2. The quantitative estimate of drug-likeness (QED) is 0.659. The van der Waals surface area contributed by atoms with E-state index in [4.69, 9.17) is 5.11 Å². The van der Waals surface area contributed by atoms with Crippen molar-refractivity contribution in [2.45, 2.75) is 6.42 Å². The maximum absolute atomic E-state index is 13.2. The summed E-state index contributed by atoms with van der Waals surface area (Å²) in [7, 11) is 1.86. The highest BCUT2D eigenvalue weighted by molar-refractivity contribution is 5.91. The fourth-order valence-corrected chi connectivity index (χ4v) is 2.73. The zero-order valence-corrected chi connectivity index (χ0v) is 15.5. The van der Waals surface area contributed by atoms with E-state index in [1.54, 1.807) is 30.6 Å². The Morgan fingerprint density at radius 3 is 2.71 bits per heavy atom. The molecule has 2 aromatic heterocycles. The largest absolute Gasteiger partial charge is 0.395 e. The number of nitrogens with zero attached hydrogens (tertiary/aromatic N) is 3. The van der Waals surface area contributed by atoms with E-state index in [1.807, 2.05) is 30.1 Å². The van der Waals surface area contributed by atoms with Crippen molar-refractivity contribution in [3.8, 4) is 11.1 Å². The molecule has 6 nitrogen and oxygen atoms in total. The molecule has 2 N–H and O–H groups in total. The highest BCUT2D eigenvalue weighted by Crippen LogP contribution is 2.22. The number of carbonyl (C=O) groups is 1. The van der Waals surface area contributed by atoms with Crippen LogP contribution in [0.5, 0.6) is 0 Å². The van der Waals surface area contributed by atoms with Crippen LogP contribution in [0.1, 0.15) is 5.56 Å². The van der Waals surface area contributed by atoms with E-state index in [0.29, 0.717) is 17.9 Å². The summed E-state index contributed by atoms with van der Waals surface area (Å²) in [4.78, 5) is 22.6. The minimum absolute atomic E-state index is 0.0496. The Kier molecular flexibility index (Phi) is 6.29. The van der Waals surface area contributed by atoms with Gasteiger partial charge in [-0.25, -0.2) is 14.4 Å². The van der Waals surface area contributed by atoms with Crippen LogP contribution in [-0.4, -0.2) is 41.2 Å². The van der Waals surface area contributed by atoms with Gasteiger partial charge in [0, 0.05) is 31.5 Å². The summed E-state index contributed by atoms with van der Waals surface area (Å²) in [5.41, 5.74) is 2.41. The minimum atomic E-state index is -0.367. The maximum atomic E-state index is 13.2. The predicted octanol–water partition coefficient (Wildman–Crippen LogP) is 2.89. The molecule has 144 valence electrons. The molecule has 0 aliphatic heterocycles. The molecule has 0 saturated heterocycles. The third kappa shape index (κ3) is 5.11. The molecule has 0 atom stereocenters. The van der Waals surface area contributed by atoms with Crippen molar-refractivity contribution in [2.75, 3.05) is 30.4 Å².